The van der Waals surface area contributed by atoms with E-state index in [1.165, 1.54) is 43.3 Å². The lowest BCUT2D eigenvalue weighted by molar-refractivity contribution is -0.319. The Labute approximate surface area is 304 Å². The predicted octanol–water partition coefficient (Wildman–Crippen LogP) is 0.283. The Balaban J connectivity index is 1.34. The van der Waals surface area contributed by atoms with Gasteiger partial charge in [-0.2, -0.15) is 0 Å². The number of phenols is 5. The summed E-state index contributed by atoms with van der Waals surface area (Å²) in [7, 11) is 0. The first-order valence-corrected chi connectivity index (χ1v) is 16.3. The predicted molar refractivity (Wildman–Crippen MR) is 181 cm³/mol. The number of fused-ring (bicyclic) bond motifs is 1. The van der Waals surface area contributed by atoms with Crippen molar-refractivity contribution >= 4 is 23.0 Å². The standard InChI is InChI=1S/C36H36O18/c1-14-26(43)28(45)30(47)35(50-14)49-13-23-33(53-24(42)9-4-15-2-6-17(37)7-3-15)29(46)31(48)36(52-23)54-34-27(44)25-21(41)11-18(38)12-22(25)51-32(34)16-5-8-19(39)20(40)10-16/h2-12,14,23,26,28-31,33,35-41,43,45-48H,13H2,1H3/b9-4+/t14-,23+,26+,28-,29+,30-,31+,33+,35-,36-/m1/s1. The molecule has 0 bridgehead atoms. The monoisotopic (exact) mass is 756 g/mol. The van der Waals surface area contributed by atoms with Gasteiger partial charge < -0.3 is 79.2 Å². The molecule has 18 heteroatoms. The molecule has 0 unspecified atom stereocenters. The molecule has 2 aliphatic rings. The molecule has 0 saturated carbocycles. The molecule has 10 N–H and O–H groups in total. The summed E-state index contributed by atoms with van der Waals surface area (Å²) in [5, 5.41) is 103. The molecule has 2 fully saturated rings. The van der Waals surface area contributed by atoms with Gasteiger partial charge in [0.05, 0.1) is 12.7 Å². The Hall–Kier alpha value is -5.44. The Morgan fingerprint density at radius 1 is 0.759 bits per heavy atom. The Kier molecular flexibility index (Phi) is 11.0. The third-order valence-corrected chi connectivity index (χ3v) is 8.82. The van der Waals surface area contributed by atoms with Gasteiger partial charge in [0.25, 0.3) is 0 Å². The van der Waals surface area contributed by atoms with E-state index in [0.29, 0.717) is 5.56 Å². The first-order chi connectivity index (χ1) is 25.6. The highest BCUT2D eigenvalue weighted by molar-refractivity contribution is 5.88. The third-order valence-electron chi connectivity index (χ3n) is 8.82. The molecule has 2 aliphatic heterocycles. The van der Waals surface area contributed by atoms with Gasteiger partial charge in [-0.05, 0) is 48.9 Å². The van der Waals surface area contributed by atoms with Crippen LogP contribution >= 0.6 is 0 Å². The highest BCUT2D eigenvalue weighted by atomic mass is 16.7. The molecule has 3 aromatic carbocycles. The minimum absolute atomic E-state index is 0.0137. The quantitative estimate of drug-likeness (QED) is 0.0623. The van der Waals surface area contributed by atoms with E-state index in [1.807, 2.05) is 0 Å². The third kappa shape index (κ3) is 7.77. The van der Waals surface area contributed by atoms with Crippen LogP contribution in [0.1, 0.15) is 12.5 Å². The van der Waals surface area contributed by atoms with Crippen LogP contribution in [0.5, 0.6) is 34.5 Å². The molecule has 10 atom stereocenters. The first-order valence-electron chi connectivity index (χ1n) is 16.3. The van der Waals surface area contributed by atoms with Crippen molar-refractivity contribution < 1.29 is 84.0 Å². The van der Waals surface area contributed by atoms with Crippen molar-refractivity contribution in [2.75, 3.05) is 6.61 Å². The number of carbonyl (C=O) groups excluding carboxylic acids is 1. The van der Waals surface area contributed by atoms with E-state index in [-0.39, 0.29) is 16.9 Å². The number of aliphatic hydroxyl groups excluding tert-OH is 5. The maximum Gasteiger partial charge on any atom is 0.331 e. The van der Waals surface area contributed by atoms with Crippen molar-refractivity contribution in [3.05, 3.63) is 76.5 Å². The summed E-state index contributed by atoms with van der Waals surface area (Å²) >= 11 is 0. The minimum Gasteiger partial charge on any atom is -0.508 e. The zero-order chi connectivity index (χ0) is 39.0. The first kappa shape index (κ1) is 38.3. The zero-order valence-corrected chi connectivity index (χ0v) is 28.1. The van der Waals surface area contributed by atoms with Crippen LogP contribution in [0.4, 0.5) is 0 Å². The van der Waals surface area contributed by atoms with Crippen LogP contribution in [0.25, 0.3) is 28.4 Å². The smallest absolute Gasteiger partial charge is 0.331 e. The second-order valence-electron chi connectivity index (χ2n) is 12.6. The van der Waals surface area contributed by atoms with E-state index < -0.39 is 119 Å². The van der Waals surface area contributed by atoms with Crippen molar-refractivity contribution in [1.82, 2.24) is 0 Å². The van der Waals surface area contributed by atoms with Gasteiger partial charge in [0.15, 0.2) is 29.7 Å². The molecule has 2 saturated heterocycles. The second kappa shape index (κ2) is 15.5. The average Bonchev–Trinajstić information content (AvgIpc) is 3.13. The van der Waals surface area contributed by atoms with E-state index in [1.54, 1.807) is 0 Å². The van der Waals surface area contributed by atoms with Crippen molar-refractivity contribution in [3.8, 4) is 45.8 Å². The number of carbonyl (C=O) groups is 1. The minimum atomic E-state index is -2.08. The molecule has 0 aliphatic carbocycles. The number of phenolic OH excluding ortho intramolecular Hbond substituents is 5. The van der Waals surface area contributed by atoms with Gasteiger partial charge in [-0.1, -0.05) is 12.1 Å². The van der Waals surface area contributed by atoms with Crippen LogP contribution in [0, 0.1) is 0 Å². The topological polar surface area (TPSA) is 296 Å². The maximum absolute atomic E-state index is 13.9. The number of aromatic hydroxyl groups is 5. The van der Waals surface area contributed by atoms with Crippen LogP contribution in [0.2, 0.25) is 0 Å². The average molecular weight is 757 g/mol. The van der Waals surface area contributed by atoms with Crippen LogP contribution < -0.4 is 10.2 Å². The lowest BCUT2D eigenvalue weighted by atomic mass is 9.98. The molecule has 0 spiro atoms. The van der Waals surface area contributed by atoms with Crippen molar-refractivity contribution in [2.24, 2.45) is 0 Å². The molecular formula is C36H36O18. The Morgan fingerprint density at radius 3 is 2.17 bits per heavy atom. The van der Waals surface area contributed by atoms with E-state index in [0.717, 1.165) is 30.3 Å². The number of aliphatic hydroxyl groups is 5. The van der Waals surface area contributed by atoms with Crippen molar-refractivity contribution in [1.29, 1.82) is 0 Å². The summed E-state index contributed by atoms with van der Waals surface area (Å²) < 4.78 is 34.1. The number of hydrogen-bond acceptors (Lipinski definition) is 18. The lowest BCUT2D eigenvalue weighted by Crippen LogP contribution is -2.62. The summed E-state index contributed by atoms with van der Waals surface area (Å²) in [6, 6.07) is 10.9. The maximum atomic E-state index is 13.9. The summed E-state index contributed by atoms with van der Waals surface area (Å²) in [5.74, 6) is -4.59. The van der Waals surface area contributed by atoms with Crippen LogP contribution in [0.15, 0.2) is 69.9 Å². The molecule has 288 valence electrons. The van der Waals surface area contributed by atoms with Gasteiger partial charge in [-0.15, -0.1) is 0 Å². The fraction of sp³-hybridized carbons (Fsp3) is 0.333. The van der Waals surface area contributed by atoms with Crippen molar-refractivity contribution in [2.45, 2.75) is 68.3 Å². The van der Waals surface area contributed by atoms with Crippen molar-refractivity contribution in [3.63, 3.8) is 0 Å². The van der Waals surface area contributed by atoms with E-state index in [9.17, 15) is 60.7 Å². The van der Waals surface area contributed by atoms with Crippen LogP contribution in [0.3, 0.4) is 0 Å². The van der Waals surface area contributed by atoms with Gasteiger partial charge in [-0.3, -0.25) is 4.79 Å². The van der Waals surface area contributed by atoms with E-state index in [4.69, 9.17) is 28.1 Å². The van der Waals surface area contributed by atoms with Gasteiger partial charge >= 0.3 is 5.97 Å². The summed E-state index contributed by atoms with van der Waals surface area (Å²) in [5.41, 5.74) is -0.977. The summed E-state index contributed by atoms with van der Waals surface area (Å²) in [4.78, 5) is 26.8. The molecule has 0 radical (unpaired) electrons. The van der Waals surface area contributed by atoms with Gasteiger partial charge in [-0.25, -0.2) is 4.79 Å². The largest absolute Gasteiger partial charge is 0.508 e. The number of rotatable bonds is 9. The van der Waals surface area contributed by atoms with Crippen LogP contribution in [-0.4, -0.2) is 125 Å². The number of esters is 1. The molecule has 3 heterocycles. The lowest BCUT2D eigenvalue weighted by Gasteiger charge is -2.43. The number of hydrogen-bond donors (Lipinski definition) is 10. The number of ether oxygens (including phenoxy) is 5. The SMILES string of the molecule is C[C@H]1O[C@@H](OC[C@@H]2O[C@H](Oc3c(-c4ccc(O)c(O)c4)oc4cc(O)cc(O)c4c3=O)[C@@H](O)[C@H](O)[C@H]2OC(=O)/C=C/c2ccc(O)cc2)[C@H](O)[C@H](O)[C@H]1O. The molecule has 0 amide bonds. The normalized spacial score (nSPS) is 28.6. The Bertz CT molecular complexity index is 2080. The molecule has 54 heavy (non-hydrogen) atoms. The van der Waals surface area contributed by atoms with Gasteiger partial charge in [0.1, 0.15) is 64.8 Å². The van der Waals surface area contributed by atoms with Crippen LogP contribution in [-0.2, 0) is 23.7 Å². The summed E-state index contributed by atoms with van der Waals surface area (Å²) in [6.45, 7) is 0.716. The molecule has 18 nitrogen and oxygen atoms in total. The summed E-state index contributed by atoms with van der Waals surface area (Å²) in [6.07, 6.45) is -14.6. The molecular weight excluding hydrogens is 720 g/mol. The number of benzene rings is 3. The Morgan fingerprint density at radius 2 is 1.46 bits per heavy atom. The highest BCUT2D eigenvalue weighted by Crippen LogP contribution is 2.39. The molecule has 1 aromatic heterocycles. The second-order valence-corrected chi connectivity index (χ2v) is 12.6. The zero-order valence-electron chi connectivity index (χ0n) is 28.1. The molecule has 6 rings (SSSR count). The molecule has 4 aromatic rings. The van der Waals surface area contributed by atoms with E-state index in [2.05, 4.69) is 0 Å². The fourth-order valence-corrected chi connectivity index (χ4v) is 5.89. The highest BCUT2D eigenvalue weighted by Gasteiger charge is 2.50. The van der Waals surface area contributed by atoms with E-state index >= 15 is 0 Å². The van der Waals surface area contributed by atoms with Gasteiger partial charge in [0, 0.05) is 23.8 Å². The van der Waals surface area contributed by atoms with Gasteiger partial charge in [0.2, 0.25) is 17.5 Å². The fourth-order valence-electron chi connectivity index (χ4n) is 5.89.